The minimum Gasteiger partial charge on any atom is -0.378 e. The van der Waals surface area contributed by atoms with E-state index in [0.717, 1.165) is 11.9 Å². The van der Waals surface area contributed by atoms with Gasteiger partial charge in [0.15, 0.2) is 0 Å². The average Bonchev–Trinajstić information content (AvgIpc) is 2.55. The van der Waals surface area contributed by atoms with Gasteiger partial charge in [-0.05, 0) is 24.3 Å². The van der Waals surface area contributed by atoms with Gasteiger partial charge in [-0.3, -0.25) is 10.1 Å². The molecule has 2 N–H and O–H groups in total. The highest BCUT2D eigenvalue weighted by Crippen LogP contribution is 2.22. The van der Waals surface area contributed by atoms with Gasteiger partial charge in [-0.15, -0.1) is 0 Å². The van der Waals surface area contributed by atoms with Gasteiger partial charge < -0.3 is 15.5 Å². The highest BCUT2D eigenvalue weighted by Gasteiger charge is 2.22. The van der Waals surface area contributed by atoms with Crippen LogP contribution in [0.4, 0.5) is 27.5 Å². The Bertz CT molecular complexity index is 716. The zero-order valence-electron chi connectivity index (χ0n) is 12.2. The maximum Gasteiger partial charge on any atom is 0.329 e. The highest BCUT2D eigenvalue weighted by atomic mass is 19.1. The molecule has 0 unspecified atom stereocenters. The van der Waals surface area contributed by atoms with E-state index in [2.05, 4.69) is 14.9 Å². The van der Waals surface area contributed by atoms with E-state index in [1.807, 2.05) is 4.90 Å². The Labute approximate surface area is 131 Å². The average molecular weight is 318 g/mol. The molecule has 0 amide bonds. The van der Waals surface area contributed by atoms with Crippen molar-refractivity contribution in [3.8, 4) is 0 Å². The second kappa shape index (κ2) is 6.03. The molecule has 1 saturated heterocycles. The highest BCUT2D eigenvalue weighted by molar-refractivity contribution is 5.54. The van der Waals surface area contributed by atoms with Gasteiger partial charge in [0.2, 0.25) is 11.8 Å². The van der Waals surface area contributed by atoms with Crippen LogP contribution >= 0.6 is 0 Å². The minimum atomic E-state index is -0.606. The topological polar surface area (TPSA) is 101 Å². The molecule has 8 nitrogen and oxygen atoms in total. The Balaban J connectivity index is 1.68. The predicted octanol–water partition coefficient (Wildman–Crippen LogP) is 1.43. The standard InChI is InChI=1S/C14H15FN6O2/c15-10-1-3-11(4-2-10)19-5-7-20(8-6-19)14-17-9-12(21(22)23)13(16)18-14/h1-4,9H,5-8H2,(H2,16,17,18). The second-order valence-electron chi connectivity index (χ2n) is 5.15. The lowest BCUT2D eigenvalue weighted by atomic mass is 10.2. The summed E-state index contributed by atoms with van der Waals surface area (Å²) >= 11 is 0. The summed E-state index contributed by atoms with van der Waals surface area (Å²) in [7, 11) is 0. The van der Waals surface area contributed by atoms with Crippen molar-refractivity contribution in [2.45, 2.75) is 0 Å². The number of nitrogens with two attached hydrogens (primary N) is 1. The maximum absolute atomic E-state index is 13.0. The number of rotatable bonds is 3. The molecule has 1 aliphatic rings. The van der Waals surface area contributed by atoms with Gasteiger partial charge in [0.25, 0.3) is 0 Å². The first-order chi connectivity index (χ1) is 11.0. The molecule has 3 rings (SSSR count). The predicted molar refractivity (Wildman–Crippen MR) is 83.9 cm³/mol. The lowest BCUT2D eigenvalue weighted by Gasteiger charge is -2.36. The van der Waals surface area contributed by atoms with Crippen LogP contribution in [-0.4, -0.2) is 41.1 Å². The summed E-state index contributed by atoms with van der Waals surface area (Å²) in [5.74, 6) is -0.0186. The van der Waals surface area contributed by atoms with E-state index in [9.17, 15) is 14.5 Å². The molecule has 0 atom stereocenters. The number of nitrogen functional groups attached to an aromatic ring is 1. The van der Waals surface area contributed by atoms with Crippen LogP contribution in [0.1, 0.15) is 0 Å². The van der Waals surface area contributed by atoms with Crippen LogP contribution in [0.2, 0.25) is 0 Å². The van der Waals surface area contributed by atoms with Crippen LogP contribution in [0.15, 0.2) is 30.5 Å². The molecule has 1 aromatic heterocycles. The van der Waals surface area contributed by atoms with Gasteiger partial charge in [-0.1, -0.05) is 0 Å². The quantitative estimate of drug-likeness (QED) is 0.674. The third-order valence-corrected chi connectivity index (χ3v) is 3.74. The van der Waals surface area contributed by atoms with Crippen LogP contribution in [0.3, 0.4) is 0 Å². The van der Waals surface area contributed by atoms with Crippen molar-refractivity contribution in [2.75, 3.05) is 41.7 Å². The van der Waals surface area contributed by atoms with E-state index in [-0.39, 0.29) is 17.3 Å². The smallest absolute Gasteiger partial charge is 0.329 e. The van der Waals surface area contributed by atoms with Crippen molar-refractivity contribution in [1.29, 1.82) is 0 Å². The zero-order chi connectivity index (χ0) is 16.4. The molecule has 120 valence electrons. The third-order valence-electron chi connectivity index (χ3n) is 3.74. The Morgan fingerprint density at radius 2 is 1.74 bits per heavy atom. The molecule has 23 heavy (non-hydrogen) atoms. The number of nitrogens with zero attached hydrogens (tertiary/aromatic N) is 5. The zero-order valence-corrected chi connectivity index (χ0v) is 12.2. The first-order valence-electron chi connectivity index (χ1n) is 7.07. The summed E-state index contributed by atoms with van der Waals surface area (Å²) in [5, 5.41) is 10.7. The van der Waals surface area contributed by atoms with E-state index >= 15 is 0 Å². The first-order valence-corrected chi connectivity index (χ1v) is 7.07. The van der Waals surface area contributed by atoms with Crippen LogP contribution in [0.25, 0.3) is 0 Å². The first kappa shape index (κ1) is 14.9. The number of benzene rings is 1. The summed E-state index contributed by atoms with van der Waals surface area (Å²) < 4.78 is 13.0. The summed E-state index contributed by atoms with van der Waals surface area (Å²) in [6, 6.07) is 6.35. The van der Waals surface area contributed by atoms with Gasteiger partial charge in [0.1, 0.15) is 12.0 Å². The molecule has 1 aliphatic heterocycles. The van der Waals surface area contributed by atoms with Crippen molar-refractivity contribution in [2.24, 2.45) is 0 Å². The monoisotopic (exact) mass is 318 g/mol. The fourth-order valence-electron chi connectivity index (χ4n) is 2.49. The molecular formula is C14H15FN6O2. The molecule has 0 aliphatic carbocycles. The number of piperazine rings is 1. The van der Waals surface area contributed by atoms with Crippen LogP contribution in [0.5, 0.6) is 0 Å². The summed E-state index contributed by atoms with van der Waals surface area (Å²) in [6.07, 6.45) is 1.13. The fraction of sp³-hybridized carbons (Fsp3) is 0.286. The van der Waals surface area contributed by atoms with Crippen molar-refractivity contribution in [1.82, 2.24) is 9.97 Å². The second-order valence-corrected chi connectivity index (χ2v) is 5.15. The van der Waals surface area contributed by atoms with E-state index in [1.54, 1.807) is 12.1 Å². The molecule has 0 bridgehead atoms. The van der Waals surface area contributed by atoms with Gasteiger partial charge in [0, 0.05) is 31.9 Å². The van der Waals surface area contributed by atoms with E-state index in [4.69, 9.17) is 5.73 Å². The molecule has 1 aromatic carbocycles. The molecule has 0 saturated carbocycles. The Morgan fingerprint density at radius 1 is 1.13 bits per heavy atom. The van der Waals surface area contributed by atoms with Crippen molar-refractivity contribution in [3.63, 3.8) is 0 Å². The molecule has 0 radical (unpaired) electrons. The van der Waals surface area contributed by atoms with Crippen molar-refractivity contribution in [3.05, 3.63) is 46.4 Å². The number of hydrogen-bond donors (Lipinski definition) is 1. The number of hydrogen-bond acceptors (Lipinski definition) is 7. The Morgan fingerprint density at radius 3 is 2.30 bits per heavy atom. The van der Waals surface area contributed by atoms with Gasteiger partial charge in [-0.2, -0.15) is 4.98 Å². The normalized spacial score (nSPS) is 14.8. The van der Waals surface area contributed by atoms with Gasteiger partial charge in [-0.25, -0.2) is 9.37 Å². The largest absolute Gasteiger partial charge is 0.378 e. The molecular weight excluding hydrogens is 303 g/mol. The molecule has 9 heteroatoms. The van der Waals surface area contributed by atoms with Gasteiger partial charge in [0.05, 0.1) is 4.92 Å². The number of anilines is 3. The molecule has 1 fully saturated rings. The Kier molecular flexibility index (Phi) is 3.92. The maximum atomic E-state index is 13.0. The number of halogens is 1. The van der Waals surface area contributed by atoms with Crippen LogP contribution in [-0.2, 0) is 0 Å². The van der Waals surface area contributed by atoms with E-state index < -0.39 is 4.92 Å². The number of aromatic nitrogens is 2. The molecule has 2 aromatic rings. The SMILES string of the molecule is Nc1nc(N2CCN(c3ccc(F)cc3)CC2)ncc1[N+](=O)[O-]. The van der Waals surface area contributed by atoms with E-state index in [1.165, 1.54) is 12.1 Å². The van der Waals surface area contributed by atoms with Crippen molar-refractivity contribution >= 4 is 23.1 Å². The summed E-state index contributed by atoms with van der Waals surface area (Å²) in [4.78, 5) is 22.2. The lowest BCUT2D eigenvalue weighted by Crippen LogP contribution is -2.47. The third kappa shape index (κ3) is 3.12. The summed E-state index contributed by atoms with van der Waals surface area (Å²) in [5.41, 5.74) is 6.26. The van der Waals surface area contributed by atoms with E-state index in [0.29, 0.717) is 32.1 Å². The van der Waals surface area contributed by atoms with Gasteiger partial charge >= 0.3 is 5.69 Å². The Hall–Kier alpha value is -2.97. The van der Waals surface area contributed by atoms with Crippen LogP contribution in [0, 0.1) is 15.9 Å². The van der Waals surface area contributed by atoms with Crippen LogP contribution < -0.4 is 15.5 Å². The fourth-order valence-corrected chi connectivity index (χ4v) is 2.49. The lowest BCUT2D eigenvalue weighted by molar-refractivity contribution is -0.384. The molecule has 0 spiro atoms. The van der Waals surface area contributed by atoms with Crippen molar-refractivity contribution < 1.29 is 9.31 Å². The molecule has 2 heterocycles. The minimum absolute atomic E-state index is 0.138. The number of nitro groups is 1. The summed E-state index contributed by atoms with van der Waals surface area (Å²) in [6.45, 7) is 2.72.